The normalized spacial score (nSPS) is 13.1. The van der Waals surface area contributed by atoms with Crippen molar-refractivity contribution >= 4 is 46.4 Å². The standard InChI is InChI=1S/4C14H18ClN3O2.2CH4O.Cu.2NO3.2H2O/c4*1-14(2,3)12(19)13(18-9-16-8-17-18)20-11-6-4-10(15)5-7-11;2*1-2;;2*2-1(3)4;;/h4*4-9,12-13,19H,1-3H3;2*2H,1H3;;;;2*1H2/q;;;;;;+2;2*-1;;/t4*12-,13-;;;;;;;/m1100......./s1. The van der Waals surface area contributed by atoms with Crippen LogP contribution in [0.2, 0.25) is 20.1 Å². The van der Waals surface area contributed by atoms with Gasteiger partial charge < -0.3 is 91.2 Å². The number of halogens is 4. The van der Waals surface area contributed by atoms with Crippen molar-refractivity contribution in [3.8, 4) is 23.0 Å². The Labute approximate surface area is 579 Å². The molecule has 32 nitrogen and oxygen atoms in total. The van der Waals surface area contributed by atoms with Crippen LogP contribution in [0.1, 0.15) is 108 Å². The minimum atomic E-state index is -1.75. The van der Waals surface area contributed by atoms with E-state index in [0.29, 0.717) is 43.1 Å². The van der Waals surface area contributed by atoms with E-state index in [2.05, 4.69) is 40.3 Å². The Balaban J connectivity index is -0.00000111. The number of aliphatic hydroxyl groups is 6. The first-order valence-corrected chi connectivity index (χ1v) is 28.8. The van der Waals surface area contributed by atoms with Crippen LogP contribution in [-0.2, 0) is 17.1 Å². The second kappa shape index (κ2) is 44.9. The van der Waals surface area contributed by atoms with Gasteiger partial charge in [0.25, 0.3) is 0 Å². The third kappa shape index (κ3) is 35.1. The first-order chi connectivity index (χ1) is 43.0. The fraction of sp³-hybridized carbons (Fsp3) is 0.448. The minimum absolute atomic E-state index is 0. The average Bonchev–Trinajstić information content (AvgIpc) is 1.84. The van der Waals surface area contributed by atoms with E-state index in [1.165, 1.54) is 69.3 Å². The Bertz CT molecular complexity index is 2780. The minimum Gasteiger partial charge on any atom is -0.466 e. The summed E-state index contributed by atoms with van der Waals surface area (Å²) < 4.78 is 29.4. The van der Waals surface area contributed by atoms with E-state index in [1.54, 1.807) is 97.1 Å². The van der Waals surface area contributed by atoms with Crippen LogP contribution in [0, 0.1) is 52.3 Å². The fourth-order valence-corrected chi connectivity index (χ4v) is 7.27. The molecule has 8 rings (SSSR count). The molecule has 0 saturated carbocycles. The molecule has 0 spiro atoms. The maximum Gasteiger partial charge on any atom is 2.00 e. The second-order valence-electron chi connectivity index (χ2n) is 23.0. The second-order valence-corrected chi connectivity index (χ2v) is 24.8. The van der Waals surface area contributed by atoms with Gasteiger partial charge in [-0.25, -0.2) is 38.7 Å². The molecule has 0 amide bonds. The van der Waals surface area contributed by atoms with E-state index >= 15 is 0 Å². The summed E-state index contributed by atoms with van der Waals surface area (Å²) in [6, 6.07) is 27.9. The Morgan fingerprint density at radius 3 is 0.600 bits per heavy atom. The van der Waals surface area contributed by atoms with Crippen LogP contribution in [-0.4, -0.2) is 149 Å². The van der Waals surface area contributed by atoms with Crippen molar-refractivity contribution in [3.05, 3.63) is 198 Å². The topological polar surface area (TPSA) is 477 Å². The maximum atomic E-state index is 10.5. The number of aliphatic hydroxyl groups excluding tert-OH is 6. The molecule has 0 aliphatic rings. The van der Waals surface area contributed by atoms with Gasteiger partial charge in [0.05, 0.1) is 10.2 Å². The molecular formula is C58H84Cl4CuN14O18. The Kier molecular flexibility index (Phi) is 43.3. The molecule has 1 radical (unpaired) electrons. The number of hydrogen-bond acceptors (Lipinski definition) is 24. The number of aromatic nitrogens is 12. The van der Waals surface area contributed by atoms with Crippen LogP contribution in [0.3, 0.4) is 0 Å². The van der Waals surface area contributed by atoms with E-state index in [4.69, 9.17) is 106 Å². The zero-order valence-corrected chi connectivity index (χ0v) is 58.3. The molecule has 0 aliphatic heterocycles. The van der Waals surface area contributed by atoms with Crippen molar-refractivity contribution in [2.75, 3.05) is 14.2 Å². The van der Waals surface area contributed by atoms with Crippen LogP contribution >= 0.6 is 46.4 Å². The average molecular weight is 1470 g/mol. The third-order valence-electron chi connectivity index (χ3n) is 11.7. The molecule has 0 saturated heterocycles. The van der Waals surface area contributed by atoms with Crippen molar-refractivity contribution in [2.45, 2.75) is 132 Å². The number of hydrogen-bond donors (Lipinski definition) is 6. The van der Waals surface area contributed by atoms with Crippen LogP contribution in [0.5, 0.6) is 23.0 Å². The Morgan fingerprint density at radius 2 is 0.495 bits per heavy atom. The van der Waals surface area contributed by atoms with Crippen LogP contribution in [0.15, 0.2) is 148 Å². The predicted molar refractivity (Wildman–Crippen MR) is 351 cm³/mol. The summed E-state index contributed by atoms with van der Waals surface area (Å²) in [4.78, 5) is 32.1. The first kappa shape index (κ1) is 91.6. The van der Waals surface area contributed by atoms with E-state index in [1.807, 2.05) is 83.1 Å². The van der Waals surface area contributed by atoms with E-state index in [-0.39, 0.29) is 49.7 Å². The largest absolute Gasteiger partial charge is 2.00 e. The summed E-state index contributed by atoms with van der Waals surface area (Å²) in [6.45, 7) is 23.2. The molecule has 8 aromatic rings. The zero-order valence-electron chi connectivity index (χ0n) is 54.3. The van der Waals surface area contributed by atoms with Gasteiger partial charge in [-0.1, -0.05) is 129 Å². The van der Waals surface area contributed by atoms with Gasteiger partial charge in [-0.3, -0.25) is 0 Å². The van der Waals surface area contributed by atoms with E-state index < -0.39 is 59.5 Å². The van der Waals surface area contributed by atoms with Crippen molar-refractivity contribution in [1.29, 1.82) is 0 Å². The summed E-state index contributed by atoms with van der Waals surface area (Å²) in [5, 5.41) is 104. The number of nitrogens with zero attached hydrogens (tertiary/aromatic N) is 14. The SMILES string of the molecule is CC(C)(C)[C@@H](O)[C@H](Oc1ccc(Cl)cc1)n1cncn1.CC(C)(C)[C@@H](O)[C@H](Oc1ccc(Cl)cc1)n1cncn1.CC(C)(C)[C@H](O)[C@@H](Oc1ccc(Cl)cc1)n1cncn1.CC(C)(C)[C@H](O)[C@@H](Oc1ccc(Cl)cc1)n1cncn1.CO.CO.O.O.O=[N+]([O-])[O-].O=[N+]([O-])[O-].[Cu+2]. The van der Waals surface area contributed by atoms with Gasteiger partial charge >= 0.3 is 17.1 Å². The van der Waals surface area contributed by atoms with Gasteiger partial charge in [-0.15, -0.1) is 0 Å². The number of benzene rings is 4. The summed E-state index contributed by atoms with van der Waals surface area (Å²) in [7, 11) is 2.00. The number of ether oxygens (including phenoxy) is 4. The smallest absolute Gasteiger partial charge is 0.466 e. The van der Waals surface area contributed by atoms with Gasteiger partial charge in [0, 0.05) is 34.3 Å². The molecule has 4 aromatic carbocycles. The molecular weight excluding hydrogens is 1390 g/mol. The molecule has 37 heteroatoms. The van der Waals surface area contributed by atoms with Gasteiger partial charge in [0.15, 0.2) is 0 Å². The maximum absolute atomic E-state index is 10.5. The molecule has 95 heavy (non-hydrogen) atoms. The van der Waals surface area contributed by atoms with Gasteiger partial charge in [0.2, 0.25) is 24.9 Å². The van der Waals surface area contributed by atoms with Crippen LogP contribution < -0.4 is 18.9 Å². The first-order valence-electron chi connectivity index (χ1n) is 27.3. The van der Waals surface area contributed by atoms with Crippen LogP contribution in [0.4, 0.5) is 0 Å². The van der Waals surface area contributed by atoms with E-state index in [9.17, 15) is 20.4 Å². The summed E-state index contributed by atoms with van der Waals surface area (Å²) >= 11 is 23.4. The van der Waals surface area contributed by atoms with Crippen molar-refractivity contribution < 1.29 is 87.8 Å². The van der Waals surface area contributed by atoms with Gasteiger partial charge in [0.1, 0.15) is 98.0 Å². The molecule has 0 fully saturated rings. The molecule has 10 N–H and O–H groups in total. The summed E-state index contributed by atoms with van der Waals surface area (Å²) in [5.41, 5.74) is -1.43. The predicted octanol–water partition coefficient (Wildman–Crippen LogP) is 8.75. The van der Waals surface area contributed by atoms with Crippen molar-refractivity contribution in [2.24, 2.45) is 21.7 Å². The fourth-order valence-electron chi connectivity index (χ4n) is 6.77. The van der Waals surface area contributed by atoms with E-state index in [0.717, 1.165) is 14.2 Å². The Morgan fingerprint density at radius 1 is 0.358 bits per heavy atom. The van der Waals surface area contributed by atoms with Gasteiger partial charge in [-0.05, 0) is 119 Å². The Hall–Kier alpha value is -7.60. The molecule has 0 aliphatic carbocycles. The molecule has 4 heterocycles. The van der Waals surface area contributed by atoms with Crippen molar-refractivity contribution in [1.82, 2.24) is 59.1 Å². The molecule has 8 atom stereocenters. The molecule has 0 unspecified atom stereocenters. The van der Waals surface area contributed by atoms with Crippen LogP contribution in [0.25, 0.3) is 0 Å². The quantitative estimate of drug-likeness (QED) is 0.0299. The monoisotopic (exact) mass is 1470 g/mol. The number of rotatable bonds is 16. The van der Waals surface area contributed by atoms with Crippen molar-refractivity contribution in [3.63, 3.8) is 0 Å². The zero-order chi connectivity index (χ0) is 70.2. The summed E-state index contributed by atoms with van der Waals surface area (Å²) in [6.07, 6.45) is 6.12. The van der Waals surface area contributed by atoms with Gasteiger partial charge in [-0.2, -0.15) is 20.4 Å². The molecule has 533 valence electrons. The summed E-state index contributed by atoms with van der Waals surface area (Å²) in [5.74, 6) is 2.44. The third-order valence-corrected chi connectivity index (χ3v) is 12.7. The molecule has 0 bridgehead atoms. The molecule has 4 aromatic heterocycles.